The highest BCUT2D eigenvalue weighted by Crippen LogP contribution is 2.42. The molecule has 0 spiro atoms. The van der Waals surface area contributed by atoms with Gasteiger partial charge in [-0.15, -0.1) is 10.8 Å². The van der Waals surface area contributed by atoms with Crippen LogP contribution >= 0.6 is 10.8 Å². The van der Waals surface area contributed by atoms with E-state index in [0.717, 1.165) is 0 Å². The molecule has 1 aromatic carbocycles. The van der Waals surface area contributed by atoms with Gasteiger partial charge >= 0.3 is 0 Å². The molecule has 0 aliphatic carbocycles. The van der Waals surface area contributed by atoms with E-state index in [4.69, 9.17) is 0 Å². The topological polar surface area (TPSA) is 52.5 Å². The summed E-state index contributed by atoms with van der Waals surface area (Å²) in [5.41, 5.74) is 0. The number of hydrogen-bond acceptors (Lipinski definition) is 3. The molecule has 12 heavy (non-hydrogen) atoms. The van der Waals surface area contributed by atoms with Crippen LogP contribution in [0.25, 0.3) is 0 Å². The van der Waals surface area contributed by atoms with Crippen LogP contribution in [-0.4, -0.2) is 15.7 Å². The third kappa shape index (κ3) is 2.22. The normalized spacial score (nSPS) is 12.9. The van der Waals surface area contributed by atoms with Gasteiger partial charge in [0, 0.05) is 7.97 Å². The van der Waals surface area contributed by atoms with Crippen LogP contribution < -0.4 is 4.72 Å². The minimum Gasteiger partial charge on any atom is -0.282 e. The highest BCUT2D eigenvalue weighted by molar-refractivity contribution is 8.22. The largest absolute Gasteiger partial charge is 0.282 e. The van der Waals surface area contributed by atoms with Crippen molar-refractivity contribution in [1.82, 2.24) is 4.72 Å². The number of benzene rings is 1. The first kappa shape index (κ1) is 9.54. The molecule has 0 unspecified atom stereocenters. The SMILES string of the molecule is CCNS(O)(O)c1ccccc1.[HH]. The number of hydrogen-bond donors (Lipinski definition) is 3. The van der Waals surface area contributed by atoms with Gasteiger partial charge in [-0.3, -0.25) is 9.11 Å². The lowest BCUT2D eigenvalue weighted by Crippen LogP contribution is -2.19. The van der Waals surface area contributed by atoms with Gasteiger partial charge in [-0.2, -0.15) is 0 Å². The molecule has 0 fully saturated rings. The van der Waals surface area contributed by atoms with Crippen LogP contribution in [0.5, 0.6) is 0 Å². The lowest BCUT2D eigenvalue weighted by molar-refractivity contribution is 0.472. The monoisotopic (exact) mass is 189 g/mol. The van der Waals surface area contributed by atoms with Crippen molar-refractivity contribution in [3.05, 3.63) is 30.3 Å². The Morgan fingerprint density at radius 1 is 1.33 bits per heavy atom. The molecule has 0 saturated heterocycles. The molecule has 0 radical (unpaired) electrons. The first-order valence-electron chi connectivity index (χ1n) is 3.74. The predicted octanol–water partition coefficient (Wildman–Crippen LogP) is 2.57. The van der Waals surface area contributed by atoms with Gasteiger partial charge in [0.1, 0.15) is 0 Å². The molecule has 0 aromatic heterocycles. The first-order valence-corrected chi connectivity index (χ1v) is 5.29. The van der Waals surface area contributed by atoms with E-state index in [9.17, 15) is 9.11 Å². The molecule has 0 heterocycles. The van der Waals surface area contributed by atoms with Gasteiger partial charge in [0.15, 0.2) is 0 Å². The van der Waals surface area contributed by atoms with E-state index in [1.165, 1.54) is 0 Å². The standard InChI is InChI=1S/C8H13NO2S.H2/c1-2-9-12(10,11)8-6-4-3-5-7-8;/h3-7,9-11H,2H2,1H3;1H. The van der Waals surface area contributed by atoms with Gasteiger partial charge in [0.25, 0.3) is 0 Å². The Bertz CT molecular complexity index is 243. The van der Waals surface area contributed by atoms with Crippen LogP contribution in [0.4, 0.5) is 0 Å². The zero-order valence-corrected chi connectivity index (χ0v) is 7.71. The second-order valence-electron chi connectivity index (χ2n) is 2.36. The fourth-order valence-corrected chi connectivity index (χ4v) is 2.00. The van der Waals surface area contributed by atoms with E-state index in [2.05, 4.69) is 4.72 Å². The van der Waals surface area contributed by atoms with Gasteiger partial charge in [-0.1, -0.05) is 25.1 Å². The maximum absolute atomic E-state index is 9.51. The summed E-state index contributed by atoms with van der Waals surface area (Å²) in [5.74, 6) is 0. The highest BCUT2D eigenvalue weighted by atomic mass is 32.3. The predicted molar refractivity (Wildman–Crippen MR) is 53.3 cm³/mol. The van der Waals surface area contributed by atoms with Crippen molar-refractivity contribution in [3.8, 4) is 0 Å². The zero-order valence-electron chi connectivity index (χ0n) is 6.90. The molecule has 1 aromatic rings. The molecule has 3 nitrogen and oxygen atoms in total. The zero-order chi connectivity index (χ0) is 9.03. The molecule has 70 valence electrons. The van der Waals surface area contributed by atoms with Gasteiger partial charge in [0.05, 0.1) is 4.90 Å². The Morgan fingerprint density at radius 2 is 1.92 bits per heavy atom. The van der Waals surface area contributed by atoms with E-state index in [0.29, 0.717) is 11.4 Å². The van der Waals surface area contributed by atoms with Crippen molar-refractivity contribution in [2.45, 2.75) is 11.8 Å². The van der Waals surface area contributed by atoms with Crippen molar-refractivity contribution in [1.29, 1.82) is 0 Å². The van der Waals surface area contributed by atoms with Gasteiger partial charge < -0.3 is 0 Å². The molecule has 3 N–H and O–H groups in total. The van der Waals surface area contributed by atoms with Crippen LogP contribution in [0.3, 0.4) is 0 Å². The Balaban J connectivity index is 0.00000144. The van der Waals surface area contributed by atoms with E-state index < -0.39 is 10.8 Å². The fraction of sp³-hybridized carbons (Fsp3) is 0.250. The molecular formula is C8H15NO2S. The quantitative estimate of drug-likeness (QED) is 0.685. The second kappa shape index (κ2) is 3.91. The van der Waals surface area contributed by atoms with Gasteiger partial charge in [-0.25, -0.2) is 4.72 Å². The van der Waals surface area contributed by atoms with Crippen LogP contribution in [0.1, 0.15) is 8.35 Å². The smallest absolute Gasteiger partial charge is 0.0750 e. The van der Waals surface area contributed by atoms with E-state index in [-0.39, 0.29) is 1.43 Å². The Morgan fingerprint density at radius 3 is 2.42 bits per heavy atom. The molecule has 0 atom stereocenters. The van der Waals surface area contributed by atoms with Gasteiger partial charge in [0.2, 0.25) is 0 Å². The van der Waals surface area contributed by atoms with Gasteiger partial charge in [-0.05, 0) is 12.1 Å². The minimum atomic E-state index is -2.76. The van der Waals surface area contributed by atoms with E-state index in [1.54, 1.807) is 24.3 Å². The lowest BCUT2D eigenvalue weighted by Gasteiger charge is -2.32. The average Bonchev–Trinajstić information content (AvgIpc) is 2.06. The Kier molecular flexibility index (Phi) is 3.11. The summed E-state index contributed by atoms with van der Waals surface area (Å²) >= 11 is 0. The molecule has 0 aliphatic rings. The van der Waals surface area contributed by atoms with E-state index in [1.807, 2.05) is 13.0 Å². The molecule has 0 bridgehead atoms. The molecule has 4 heteroatoms. The van der Waals surface area contributed by atoms with Crippen LogP contribution in [-0.2, 0) is 0 Å². The van der Waals surface area contributed by atoms with Crippen molar-refractivity contribution in [3.63, 3.8) is 0 Å². The van der Waals surface area contributed by atoms with Crippen LogP contribution in [0, 0.1) is 0 Å². The molecule has 0 amide bonds. The van der Waals surface area contributed by atoms with Crippen LogP contribution in [0.2, 0.25) is 0 Å². The van der Waals surface area contributed by atoms with E-state index >= 15 is 0 Å². The average molecular weight is 189 g/mol. The summed E-state index contributed by atoms with van der Waals surface area (Å²) < 4.78 is 21.7. The van der Waals surface area contributed by atoms with Crippen LogP contribution in [0.15, 0.2) is 35.2 Å². The second-order valence-corrected chi connectivity index (χ2v) is 4.22. The Labute approximate surface area is 75.4 Å². The summed E-state index contributed by atoms with van der Waals surface area (Å²) in [6.45, 7) is 2.37. The molecule has 1 rings (SSSR count). The summed E-state index contributed by atoms with van der Waals surface area (Å²) in [6, 6.07) is 8.78. The number of nitrogens with one attached hydrogen (secondary N) is 1. The maximum atomic E-state index is 9.51. The molecule has 0 saturated carbocycles. The summed E-state index contributed by atoms with van der Waals surface area (Å²) in [6.07, 6.45) is 0. The van der Waals surface area contributed by atoms with Crippen molar-refractivity contribution < 1.29 is 10.5 Å². The first-order chi connectivity index (χ1) is 5.67. The summed E-state index contributed by atoms with van der Waals surface area (Å²) in [5, 5.41) is 0. The third-order valence-electron chi connectivity index (χ3n) is 1.42. The lowest BCUT2D eigenvalue weighted by atomic mass is 10.4. The molecule has 0 aliphatic heterocycles. The summed E-state index contributed by atoms with van der Waals surface area (Å²) in [4.78, 5) is 0.534. The Hall–Kier alpha value is -0.550. The van der Waals surface area contributed by atoms with Crippen molar-refractivity contribution >= 4 is 10.8 Å². The van der Waals surface area contributed by atoms with Crippen molar-refractivity contribution in [2.75, 3.05) is 6.54 Å². The highest BCUT2D eigenvalue weighted by Gasteiger charge is 2.11. The fourth-order valence-electron chi connectivity index (χ4n) is 0.895. The third-order valence-corrected chi connectivity index (χ3v) is 3.04. The maximum Gasteiger partial charge on any atom is 0.0750 e. The number of rotatable bonds is 3. The minimum absolute atomic E-state index is 0. The summed E-state index contributed by atoms with van der Waals surface area (Å²) in [7, 11) is -2.76. The molecular weight excluding hydrogens is 174 g/mol. The van der Waals surface area contributed by atoms with Crippen molar-refractivity contribution in [2.24, 2.45) is 0 Å².